The molecule has 0 aliphatic carbocycles. The lowest BCUT2D eigenvalue weighted by molar-refractivity contribution is 0.666. The molecule has 0 aliphatic heterocycles. The number of rotatable bonds is 7. The summed E-state index contributed by atoms with van der Waals surface area (Å²) in [6, 6.07) is 6.06. The number of unbranched alkanes of at least 4 members (excludes halogenated alkanes) is 2. The van der Waals surface area contributed by atoms with Gasteiger partial charge in [-0.25, -0.2) is 4.98 Å². The SMILES string of the molecule is CCCCCC(C)SSc1ccccn1. The van der Waals surface area contributed by atoms with E-state index in [1.807, 2.05) is 29.1 Å². The minimum atomic E-state index is 0.726. The van der Waals surface area contributed by atoms with E-state index in [1.165, 1.54) is 25.7 Å². The van der Waals surface area contributed by atoms with Crippen molar-refractivity contribution < 1.29 is 0 Å². The van der Waals surface area contributed by atoms with Crippen LogP contribution in [0.25, 0.3) is 0 Å². The maximum Gasteiger partial charge on any atom is 0.106 e. The standard InChI is InChI=1S/C12H19NS2/c1-3-4-5-8-11(2)14-15-12-9-6-7-10-13-12/h6-7,9-11H,3-5,8H2,1-2H3. The number of aromatic nitrogens is 1. The van der Waals surface area contributed by atoms with Crippen molar-refractivity contribution >= 4 is 21.6 Å². The summed E-state index contributed by atoms with van der Waals surface area (Å²) in [6.07, 6.45) is 7.19. The third kappa shape index (κ3) is 6.10. The van der Waals surface area contributed by atoms with E-state index in [2.05, 4.69) is 24.9 Å². The molecular weight excluding hydrogens is 222 g/mol. The van der Waals surface area contributed by atoms with Crippen molar-refractivity contribution in [3.63, 3.8) is 0 Å². The van der Waals surface area contributed by atoms with Crippen molar-refractivity contribution in [2.75, 3.05) is 0 Å². The van der Waals surface area contributed by atoms with E-state index in [0.29, 0.717) is 0 Å². The van der Waals surface area contributed by atoms with Crippen molar-refractivity contribution in [1.29, 1.82) is 0 Å². The molecule has 1 nitrogen and oxygen atoms in total. The largest absolute Gasteiger partial charge is 0.249 e. The van der Waals surface area contributed by atoms with Crippen LogP contribution in [0.1, 0.15) is 39.5 Å². The fourth-order valence-corrected chi connectivity index (χ4v) is 3.39. The topological polar surface area (TPSA) is 12.9 Å². The third-order valence-corrected chi connectivity index (χ3v) is 5.01. The van der Waals surface area contributed by atoms with E-state index in [-0.39, 0.29) is 0 Å². The first kappa shape index (κ1) is 12.9. The molecule has 0 aliphatic rings. The van der Waals surface area contributed by atoms with Gasteiger partial charge in [-0.15, -0.1) is 0 Å². The molecule has 15 heavy (non-hydrogen) atoms. The zero-order chi connectivity index (χ0) is 10.9. The molecule has 0 amide bonds. The fourth-order valence-electron chi connectivity index (χ4n) is 1.26. The molecule has 1 aromatic rings. The summed E-state index contributed by atoms with van der Waals surface area (Å²) in [5, 5.41) is 1.84. The lowest BCUT2D eigenvalue weighted by Gasteiger charge is -2.08. The Hall–Kier alpha value is -0.150. The van der Waals surface area contributed by atoms with Crippen LogP contribution < -0.4 is 0 Å². The summed E-state index contributed by atoms with van der Waals surface area (Å²) >= 11 is 0. The van der Waals surface area contributed by atoms with Gasteiger partial charge in [-0.1, -0.05) is 50.0 Å². The average molecular weight is 241 g/mol. The summed E-state index contributed by atoms with van der Waals surface area (Å²) in [5.41, 5.74) is 0. The number of nitrogens with zero attached hydrogens (tertiary/aromatic N) is 1. The summed E-state index contributed by atoms with van der Waals surface area (Å²) < 4.78 is 0. The molecule has 1 rings (SSSR count). The molecule has 0 spiro atoms. The molecule has 0 saturated heterocycles. The second kappa shape index (κ2) is 8.05. The van der Waals surface area contributed by atoms with Gasteiger partial charge >= 0.3 is 0 Å². The summed E-state index contributed by atoms with van der Waals surface area (Å²) in [7, 11) is 3.73. The van der Waals surface area contributed by atoms with Crippen LogP contribution in [0.5, 0.6) is 0 Å². The summed E-state index contributed by atoms with van der Waals surface area (Å²) in [5.74, 6) is 0. The molecule has 1 atom stereocenters. The van der Waals surface area contributed by atoms with Crippen molar-refractivity contribution in [2.24, 2.45) is 0 Å². The normalized spacial score (nSPS) is 12.7. The zero-order valence-corrected chi connectivity index (χ0v) is 11.1. The van der Waals surface area contributed by atoms with Gasteiger partial charge in [0.25, 0.3) is 0 Å². The van der Waals surface area contributed by atoms with E-state index in [1.54, 1.807) is 10.8 Å². The van der Waals surface area contributed by atoms with E-state index in [0.717, 1.165) is 10.3 Å². The van der Waals surface area contributed by atoms with E-state index in [4.69, 9.17) is 0 Å². The Morgan fingerprint density at radius 3 is 2.87 bits per heavy atom. The average Bonchev–Trinajstić information content (AvgIpc) is 2.28. The van der Waals surface area contributed by atoms with Crippen LogP contribution in [0.2, 0.25) is 0 Å². The molecule has 0 saturated carbocycles. The predicted molar refractivity (Wildman–Crippen MR) is 71.3 cm³/mol. The quantitative estimate of drug-likeness (QED) is 0.503. The second-order valence-electron chi connectivity index (χ2n) is 3.65. The molecule has 0 radical (unpaired) electrons. The number of hydrogen-bond donors (Lipinski definition) is 0. The molecule has 1 unspecified atom stereocenters. The monoisotopic (exact) mass is 241 g/mol. The van der Waals surface area contributed by atoms with Crippen LogP contribution in [0.3, 0.4) is 0 Å². The van der Waals surface area contributed by atoms with E-state index in [9.17, 15) is 0 Å². The van der Waals surface area contributed by atoms with Crippen LogP contribution in [0.4, 0.5) is 0 Å². The van der Waals surface area contributed by atoms with E-state index >= 15 is 0 Å². The van der Waals surface area contributed by atoms with E-state index < -0.39 is 0 Å². The van der Waals surface area contributed by atoms with Crippen LogP contribution in [0, 0.1) is 0 Å². The highest BCUT2D eigenvalue weighted by molar-refractivity contribution is 8.76. The molecule has 0 fully saturated rings. The molecule has 84 valence electrons. The van der Waals surface area contributed by atoms with Gasteiger partial charge in [0, 0.05) is 11.4 Å². The number of hydrogen-bond acceptors (Lipinski definition) is 3. The van der Waals surface area contributed by atoms with Crippen molar-refractivity contribution in [2.45, 2.75) is 49.8 Å². The van der Waals surface area contributed by atoms with Gasteiger partial charge in [0.1, 0.15) is 5.03 Å². The van der Waals surface area contributed by atoms with Gasteiger partial charge in [-0.2, -0.15) is 0 Å². The van der Waals surface area contributed by atoms with Gasteiger partial charge in [0.15, 0.2) is 0 Å². The van der Waals surface area contributed by atoms with Crippen LogP contribution in [0.15, 0.2) is 29.4 Å². The molecular formula is C12H19NS2. The molecule has 0 aromatic carbocycles. The summed E-state index contributed by atoms with van der Waals surface area (Å²) in [4.78, 5) is 4.29. The highest BCUT2D eigenvalue weighted by Gasteiger charge is 2.03. The second-order valence-corrected chi connectivity index (χ2v) is 6.31. The number of pyridine rings is 1. The first-order valence-electron chi connectivity index (χ1n) is 5.57. The Balaban J connectivity index is 2.14. The van der Waals surface area contributed by atoms with Crippen molar-refractivity contribution in [1.82, 2.24) is 4.98 Å². The summed E-state index contributed by atoms with van der Waals surface area (Å²) in [6.45, 7) is 4.55. The Labute approximate surface area is 101 Å². The minimum Gasteiger partial charge on any atom is -0.249 e. The first-order chi connectivity index (χ1) is 7.33. The maximum atomic E-state index is 4.29. The molecule has 1 heterocycles. The zero-order valence-electron chi connectivity index (χ0n) is 9.48. The first-order valence-corrected chi connectivity index (χ1v) is 7.78. The molecule has 0 bridgehead atoms. The fraction of sp³-hybridized carbons (Fsp3) is 0.583. The highest BCUT2D eigenvalue weighted by atomic mass is 33.1. The van der Waals surface area contributed by atoms with Gasteiger partial charge in [-0.3, -0.25) is 0 Å². The highest BCUT2D eigenvalue weighted by Crippen LogP contribution is 2.34. The van der Waals surface area contributed by atoms with Crippen LogP contribution >= 0.6 is 21.6 Å². The molecule has 1 aromatic heterocycles. The van der Waals surface area contributed by atoms with Crippen molar-refractivity contribution in [3.05, 3.63) is 24.4 Å². The molecule has 3 heteroatoms. The predicted octanol–water partition coefficient (Wildman–Crippen LogP) is 4.79. The lowest BCUT2D eigenvalue weighted by Crippen LogP contribution is -1.93. The molecule has 0 N–H and O–H groups in total. The van der Waals surface area contributed by atoms with Gasteiger partial charge < -0.3 is 0 Å². The third-order valence-electron chi connectivity index (χ3n) is 2.15. The maximum absolute atomic E-state index is 4.29. The van der Waals surface area contributed by atoms with Crippen LogP contribution in [-0.4, -0.2) is 10.2 Å². The van der Waals surface area contributed by atoms with Crippen LogP contribution in [-0.2, 0) is 0 Å². The Bertz CT molecular complexity index is 251. The lowest BCUT2D eigenvalue weighted by atomic mass is 10.2. The Morgan fingerprint density at radius 1 is 1.33 bits per heavy atom. The Morgan fingerprint density at radius 2 is 2.20 bits per heavy atom. The smallest absolute Gasteiger partial charge is 0.106 e. The Kier molecular flexibility index (Phi) is 6.94. The van der Waals surface area contributed by atoms with Gasteiger partial charge in [0.2, 0.25) is 0 Å². The van der Waals surface area contributed by atoms with Crippen molar-refractivity contribution in [3.8, 4) is 0 Å². The van der Waals surface area contributed by atoms with Gasteiger partial charge in [0.05, 0.1) is 0 Å². The minimum absolute atomic E-state index is 0.726. The van der Waals surface area contributed by atoms with Gasteiger partial charge in [-0.05, 0) is 29.3 Å².